The Bertz CT molecular complexity index is 210. The normalized spacial score (nSPS) is 15.9. The second-order valence-electron chi connectivity index (χ2n) is 1.87. The maximum atomic E-state index is 11.0. The van der Waals surface area contributed by atoms with Crippen LogP contribution in [0, 0.1) is 0 Å². The Balaban J connectivity index is 2.52. The molecule has 0 saturated carbocycles. The lowest BCUT2D eigenvalue weighted by atomic mass is 10.5. The maximum absolute atomic E-state index is 11.0. The smallest absolute Gasteiger partial charge is 0.357 e. The first-order chi connectivity index (χ1) is 5.34. The molecule has 0 aromatic heterocycles. The zero-order valence-corrected chi connectivity index (χ0v) is 7.06. The molecule has 0 amide bonds. The van der Waals surface area contributed by atoms with Crippen LogP contribution in [0.5, 0.6) is 0 Å². The molecule has 0 atom stereocenters. The zero-order chi connectivity index (χ0) is 8.10. The van der Waals surface area contributed by atoms with E-state index in [1.54, 1.807) is 30.3 Å². The van der Waals surface area contributed by atoms with E-state index in [4.69, 9.17) is 4.74 Å². The highest BCUT2D eigenvalue weighted by Gasteiger charge is 2.09. The van der Waals surface area contributed by atoms with E-state index >= 15 is 0 Å². The number of aliphatic imine (C=N–C) groups is 1. The first-order valence-electron chi connectivity index (χ1n) is 3.36. The molecule has 0 spiro atoms. The lowest BCUT2D eigenvalue weighted by Gasteiger charge is -2.03. The van der Waals surface area contributed by atoms with Gasteiger partial charge in [-0.3, -0.25) is 4.99 Å². The molecule has 0 bridgehead atoms. The number of carbonyl (C=O) groups excluding carboxylic acids is 1. The Labute approximate surface area is 69.5 Å². The van der Waals surface area contributed by atoms with Crippen LogP contribution in [-0.2, 0) is 9.53 Å². The first-order valence-corrected chi connectivity index (χ1v) is 4.41. The van der Waals surface area contributed by atoms with Gasteiger partial charge in [-0.15, -0.1) is 11.8 Å². The van der Waals surface area contributed by atoms with Crippen molar-refractivity contribution in [2.24, 2.45) is 4.99 Å². The molecule has 0 aliphatic carbocycles. The fourth-order valence-electron chi connectivity index (χ4n) is 0.642. The largest absolute Gasteiger partial charge is 0.461 e. The molecule has 3 nitrogen and oxygen atoms in total. The highest BCUT2D eigenvalue weighted by Crippen LogP contribution is 2.13. The maximum Gasteiger partial charge on any atom is 0.357 e. The summed E-state index contributed by atoms with van der Waals surface area (Å²) in [5.41, 5.74) is 0.406. The molecule has 0 N–H and O–H groups in total. The van der Waals surface area contributed by atoms with Crippen molar-refractivity contribution < 1.29 is 9.53 Å². The van der Waals surface area contributed by atoms with Gasteiger partial charge in [-0.25, -0.2) is 4.79 Å². The van der Waals surface area contributed by atoms with Crippen molar-refractivity contribution in [2.75, 3.05) is 12.4 Å². The van der Waals surface area contributed by atoms with Crippen LogP contribution in [0.25, 0.3) is 0 Å². The minimum atomic E-state index is -0.337. The minimum absolute atomic E-state index is 0.337. The van der Waals surface area contributed by atoms with Gasteiger partial charge < -0.3 is 4.74 Å². The van der Waals surface area contributed by atoms with E-state index in [0.29, 0.717) is 12.3 Å². The van der Waals surface area contributed by atoms with Crippen molar-refractivity contribution in [3.63, 3.8) is 0 Å². The van der Waals surface area contributed by atoms with Crippen LogP contribution in [-0.4, -0.2) is 24.5 Å². The molecule has 1 heterocycles. The van der Waals surface area contributed by atoms with Gasteiger partial charge in [-0.1, -0.05) is 0 Å². The van der Waals surface area contributed by atoms with E-state index in [9.17, 15) is 4.79 Å². The SMILES string of the molecule is CCOC(=O)C1=CSCC=N1. The molecular formula is C7H9NO2S. The first kappa shape index (κ1) is 8.33. The Morgan fingerprint density at radius 2 is 2.73 bits per heavy atom. The summed E-state index contributed by atoms with van der Waals surface area (Å²) in [4.78, 5) is 14.9. The molecule has 1 aliphatic rings. The summed E-state index contributed by atoms with van der Waals surface area (Å²) in [5, 5.41) is 1.72. The molecule has 11 heavy (non-hydrogen) atoms. The summed E-state index contributed by atoms with van der Waals surface area (Å²) < 4.78 is 4.75. The monoisotopic (exact) mass is 171 g/mol. The van der Waals surface area contributed by atoms with Crippen LogP contribution in [0.2, 0.25) is 0 Å². The number of rotatable bonds is 2. The number of thioether (sulfide) groups is 1. The van der Waals surface area contributed by atoms with Gasteiger partial charge >= 0.3 is 5.97 Å². The summed E-state index contributed by atoms with van der Waals surface area (Å²) in [5.74, 6) is 0.499. The molecule has 0 saturated heterocycles. The minimum Gasteiger partial charge on any atom is -0.461 e. The second kappa shape index (κ2) is 4.18. The molecule has 0 unspecified atom stereocenters. The number of carbonyl (C=O) groups is 1. The van der Waals surface area contributed by atoms with E-state index < -0.39 is 0 Å². The van der Waals surface area contributed by atoms with Crippen LogP contribution in [0.3, 0.4) is 0 Å². The van der Waals surface area contributed by atoms with Gasteiger partial charge in [0.05, 0.1) is 6.61 Å². The molecule has 1 aliphatic heterocycles. The molecule has 4 heteroatoms. The number of nitrogens with zero attached hydrogens (tertiary/aromatic N) is 1. The van der Waals surface area contributed by atoms with Gasteiger partial charge in [0.25, 0.3) is 0 Å². The fourth-order valence-corrected chi connectivity index (χ4v) is 1.21. The molecule has 0 radical (unpaired) electrons. The van der Waals surface area contributed by atoms with Crippen molar-refractivity contribution in [2.45, 2.75) is 6.92 Å². The summed E-state index contributed by atoms with van der Waals surface area (Å²) in [6.45, 7) is 2.18. The van der Waals surface area contributed by atoms with Crippen LogP contribution in [0.4, 0.5) is 0 Å². The lowest BCUT2D eigenvalue weighted by Crippen LogP contribution is -2.07. The van der Waals surface area contributed by atoms with Gasteiger partial charge in [0.1, 0.15) is 0 Å². The molecule has 60 valence electrons. The predicted octanol–water partition coefficient (Wildman–Crippen LogP) is 1.21. The van der Waals surface area contributed by atoms with Gasteiger partial charge in [0.2, 0.25) is 0 Å². The van der Waals surface area contributed by atoms with Crippen molar-refractivity contribution in [3.8, 4) is 0 Å². The standard InChI is InChI=1S/C7H9NO2S/c1-2-10-7(9)6-5-11-4-3-8-6/h3,5H,2,4H2,1H3. The van der Waals surface area contributed by atoms with Gasteiger partial charge in [-0.2, -0.15) is 0 Å². The van der Waals surface area contributed by atoms with Crippen LogP contribution in [0.15, 0.2) is 16.1 Å². The Morgan fingerprint density at radius 1 is 1.91 bits per heavy atom. The quantitative estimate of drug-likeness (QED) is 0.586. The summed E-state index contributed by atoms with van der Waals surface area (Å²) >= 11 is 1.55. The highest BCUT2D eigenvalue weighted by atomic mass is 32.2. The summed E-state index contributed by atoms with van der Waals surface area (Å²) in [6, 6.07) is 0. The van der Waals surface area contributed by atoms with Gasteiger partial charge in [0.15, 0.2) is 5.70 Å². The number of esters is 1. The average molecular weight is 171 g/mol. The van der Waals surface area contributed by atoms with E-state index in [1.807, 2.05) is 0 Å². The van der Waals surface area contributed by atoms with Crippen LogP contribution < -0.4 is 0 Å². The Morgan fingerprint density at radius 3 is 3.27 bits per heavy atom. The van der Waals surface area contributed by atoms with Crippen LogP contribution in [0.1, 0.15) is 6.92 Å². The van der Waals surface area contributed by atoms with Gasteiger partial charge in [-0.05, 0) is 6.92 Å². The predicted molar refractivity (Wildman–Crippen MR) is 45.7 cm³/mol. The second-order valence-corrected chi connectivity index (χ2v) is 2.77. The van der Waals surface area contributed by atoms with E-state index in [2.05, 4.69) is 4.99 Å². The third-order valence-electron chi connectivity index (χ3n) is 1.08. The van der Waals surface area contributed by atoms with Crippen molar-refractivity contribution in [3.05, 3.63) is 11.1 Å². The molecular weight excluding hydrogens is 162 g/mol. The van der Waals surface area contributed by atoms with Crippen LogP contribution >= 0.6 is 11.8 Å². The van der Waals surface area contributed by atoms with Crippen molar-refractivity contribution >= 4 is 23.9 Å². The van der Waals surface area contributed by atoms with Crippen molar-refractivity contribution in [1.29, 1.82) is 0 Å². The lowest BCUT2D eigenvalue weighted by molar-refractivity contribution is -0.138. The van der Waals surface area contributed by atoms with E-state index in [0.717, 1.165) is 5.75 Å². The number of hydrogen-bond donors (Lipinski definition) is 0. The van der Waals surface area contributed by atoms with Gasteiger partial charge in [0, 0.05) is 17.4 Å². The van der Waals surface area contributed by atoms with E-state index in [1.165, 1.54) is 0 Å². The molecule has 0 aromatic carbocycles. The van der Waals surface area contributed by atoms with Crippen molar-refractivity contribution in [1.82, 2.24) is 0 Å². The Kier molecular flexibility index (Phi) is 3.16. The molecule has 0 fully saturated rings. The summed E-state index contributed by atoms with van der Waals surface area (Å²) in [6.07, 6.45) is 1.71. The highest BCUT2D eigenvalue weighted by molar-refractivity contribution is 8.02. The third kappa shape index (κ3) is 2.38. The topological polar surface area (TPSA) is 38.7 Å². The number of ether oxygens (including phenoxy) is 1. The zero-order valence-electron chi connectivity index (χ0n) is 6.24. The molecule has 0 aromatic rings. The summed E-state index contributed by atoms with van der Waals surface area (Å²) in [7, 11) is 0. The Hall–Kier alpha value is -0.770. The average Bonchev–Trinajstić information content (AvgIpc) is 2.07. The molecule has 1 rings (SSSR count). The fraction of sp³-hybridized carbons (Fsp3) is 0.429. The third-order valence-corrected chi connectivity index (χ3v) is 1.81. The van der Waals surface area contributed by atoms with E-state index in [-0.39, 0.29) is 5.97 Å². The number of hydrogen-bond acceptors (Lipinski definition) is 4.